The number of ketones is 1. The summed E-state index contributed by atoms with van der Waals surface area (Å²) >= 11 is 0. The monoisotopic (exact) mass is 648 g/mol. The van der Waals surface area contributed by atoms with Crippen LogP contribution in [0.1, 0.15) is 114 Å². The van der Waals surface area contributed by atoms with Crippen molar-refractivity contribution in [1.29, 1.82) is 0 Å². The predicted molar refractivity (Wildman–Crippen MR) is 168 cm³/mol. The van der Waals surface area contributed by atoms with Crippen LogP contribution in [0.2, 0.25) is 0 Å². The van der Waals surface area contributed by atoms with Crippen LogP contribution in [0, 0.1) is 52.3 Å². The number of rotatable bonds is 9. The summed E-state index contributed by atoms with van der Waals surface area (Å²) in [4.78, 5) is 62.7. The molecule has 0 saturated heterocycles. The average Bonchev–Trinajstić information content (AvgIpc) is 3.28. The molecule has 0 aliphatic heterocycles. The minimum atomic E-state index is -1.51. The molecule has 0 aromatic rings. The first-order valence-corrected chi connectivity index (χ1v) is 17.2. The van der Waals surface area contributed by atoms with E-state index in [1.54, 1.807) is 6.92 Å². The van der Waals surface area contributed by atoms with Gasteiger partial charge in [-0.25, -0.2) is 0 Å². The van der Waals surface area contributed by atoms with Crippen LogP contribution in [0.5, 0.6) is 0 Å². The van der Waals surface area contributed by atoms with Gasteiger partial charge in [0, 0.05) is 40.0 Å². The number of esters is 4. The molecule has 0 aromatic heterocycles. The minimum Gasteiger partial charge on any atom is -0.459 e. The van der Waals surface area contributed by atoms with Gasteiger partial charge < -0.3 is 24.1 Å². The molecule has 4 fully saturated rings. The van der Waals surface area contributed by atoms with E-state index in [-0.39, 0.29) is 52.6 Å². The molecule has 4 aliphatic carbocycles. The molecule has 4 rings (SSSR count). The first kappa shape index (κ1) is 36.3. The predicted octanol–water partition coefficient (Wildman–Crippen LogP) is 5.20. The fourth-order valence-electron chi connectivity index (χ4n) is 10.6. The zero-order valence-electron chi connectivity index (χ0n) is 29.4. The molecule has 10 nitrogen and oxygen atoms in total. The van der Waals surface area contributed by atoms with E-state index in [9.17, 15) is 29.1 Å². The van der Waals surface area contributed by atoms with Crippen LogP contribution in [0.25, 0.3) is 0 Å². The van der Waals surface area contributed by atoms with Gasteiger partial charge in [-0.2, -0.15) is 0 Å². The van der Waals surface area contributed by atoms with Crippen molar-refractivity contribution in [3.8, 4) is 0 Å². The van der Waals surface area contributed by atoms with E-state index in [4.69, 9.17) is 18.9 Å². The van der Waals surface area contributed by atoms with Gasteiger partial charge in [0.05, 0.1) is 0 Å². The van der Waals surface area contributed by atoms with Gasteiger partial charge in [-0.05, 0) is 91.8 Å². The molecule has 0 heterocycles. The van der Waals surface area contributed by atoms with Crippen LogP contribution in [-0.4, -0.2) is 64.8 Å². The van der Waals surface area contributed by atoms with Gasteiger partial charge >= 0.3 is 23.9 Å². The highest BCUT2D eigenvalue weighted by atomic mass is 16.6. The SMILES string of the molecule is CC(=O)O[C@H]([C@@H](C)C(C)C)[C@H](OC(C)=O)[C@](C)(O)[C@H]1CC[C@H]2[C@@H]3CC(=O)[C@H]4C[C@H](OC(C)=O)[C@H](OC(C)=O)C[C@]4(C)[C@H]3CC[C@]12C. The molecule has 0 bridgehead atoms. The second kappa shape index (κ2) is 13.2. The largest absolute Gasteiger partial charge is 0.459 e. The van der Waals surface area contributed by atoms with E-state index in [1.807, 2.05) is 20.8 Å². The zero-order valence-corrected chi connectivity index (χ0v) is 29.4. The number of carbonyl (C=O) groups is 5. The summed E-state index contributed by atoms with van der Waals surface area (Å²) in [5.74, 6) is -2.09. The van der Waals surface area contributed by atoms with Gasteiger partial charge in [-0.15, -0.1) is 0 Å². The van der Waals surface area contributed by atoms with Gasteiger partial charge in [0.25, 0.3) is 0 Å². The van der Waals surface area contributed by atoms with Gasteiger partial charge in [0.2, 0.25) is 0 Å². The second-order valence-electron chi connectivity index (χ2n) is 15.9. The molecule has 0 spiro atoms. The van der Waals surface area contributed by atoms with Crippen molar-refractivity contribution in [2.75, 3.05) is 0 Å². The normalized spacial score (nSPS) is 38.6. The summed E-state index contributed by atoms with van der Waals surface area (Å²) in [6.45, 7) is 17.3. The van der Waals surface area contributed by atoms with Crippen LogP contribution in [0.15, 0.2) is 0 Å². The number of fused-ring (bicyclic) bond motifs is 5. The maximum Gasteiger partial charge on any atom is 0.303 e. The molecule has 4 aliphatic rings. The van der Waals surface area contributed by atoms with Crippen LogP contribution in [0.3, 0.4) is 0 Å². The third-order valence-corrected chi connectivity index (χ3v) is 12.8. The lowest BCUT2D eigenvalue weighted by Crippen LogP contribution is -2.63. The van der Waals surface area contributed by atoms with Gasteiger partial charge in [-0.1, -0.05) is 34.6 Å². The lowest BCUT2D eigenvalue weighted by atomic mass is 9.43. The third-order valence-electron chi connectivity index (χ3n) is 12.8. The summed E-state index contributed by atoms with van der Waals surface area (Å²) in [6, 6.07) is 0. The number of hydrogen-bond acceptors (Lipinski definition) is 10. The van der Waals surface area contributed by atoms with E-state index < -0.39 is 59.3 Å². The quantitative estimate of drug-likeness (QED) is 0.262. The lowest BCUT2D eigenvalue weighted by Gasteiger charge is -2.61. The maximum absolute atomic E-state index is 14.0. The van der Waals surface area contributed by atoms with Crippen LogP contribution < -0.4 is 0 Å². The van der Waals surface area contributed by atoms with Gasteiger partial charge in [0.1, 0.15) is 29.7 Å². The lowest BCUT2D eigenvalue weighted by molar-refractivity contribution is -0.218. The molecule has 1 N–H and O–H groups in total. The van der Waals surface area contributed by atoms with E-state index >= 15 is 0 Å². The molecule has 0 unspecified atom stereocenters. The van der Waals surface area contributed by atoms with Crippen molar-refractivity contribution >= 4 is 29.7 Å². The Bertz CT molecular complexity index is 1210. The van der Waals surface area contributed by atoms with Gasteiger partial charge in [0.15, 0.2) is 6.10 Å². The van der Waals surface area contributed by atoms with E-state index in [0.29, 0.717) is 25.7 Å². The smallest absolute Gasteiger partial charge is 0.303 e. The van der Waals surface area contributed by atoms with Crippen molar-refractivity contribution in [3.05, 3.63) is 0 Å². The van der Waals surface area contributed by atoms with Crippen LogP contribution in [-0.2, 0) is 42.9 Å². The van der Waals surface area contributed by atoms with Gasteiger partial charge in [-0.3, -0.25) is 24.0 Å². The third kappa shape index (κ3) is 6.61. The maximum atomic E-state index is 14.0. The van der Waals surface area contributed by atoms with E-state index in [1.165, 1.54) is 27.7 Å². The Morgan fingerprint density at radius 1 is 0.826 bits per heavy atom. The Morgan fingerprint density at radius 2 is 1.39 bits per heavy atom. The standard InChI is InChI=1S/C36H56O10/c1-18(2)19(3)32(45-22(6)39)33(46-23(7)40)36(10,42)31-12-11-25-24-15-28(41)27-16-29(43-20(4)37)30(44-21(5)38)17-35(27,9)26(24)13-14-34(25,31)8/h18-19,24-27,29-33,42H,11-17H2,1-10H3/t19-,24-,25-,26-,27+,29-,30+,31-,32+,33-,34-,35+,36+/m0/s1. The molecule has 46 heavy (non-hydrogen) atoms. The summed E-state index contributed by atoms with van der Waals surface area (Å²) in [7, 11) is 0. The number of aliphatic hydroxyl groups is 1. The molecule has 13 atom stereocenters. The number of hydrogen-bond donors (Lipinski definition) is 1. The molecule has 0 amide bonds. The topological polar surface area (TPSA) is 143 Å². The van der Waals surface area contributed by atoms with E-state index in [0.717, 1.165) is 19.3 Å². The fourth-order valence-corrected chi connectivity index (χ4v) is 10.6. The molecule has 260 valence electrons. The first-order valence-electron chi connectivity index (χ1n) is 17.2. The Labute approximate surface area is 274 Å². The highest BCUT2D eigenvalue weighted by Crippen LogP contribution is 2.68. The summed E-state index contributed by atoms with van der Waals surface area (Å²) in [5, 5.41) is 12.5. The van der Waals surface area contributed by atoms with Crippen molar-refractivity contribution in [3.63, 3.8) is 0 Å². The van der Waals surface area contributed by atoms with E-state index in [2.05, 4.69) is 13.8 Å². The Kier molecular flexibility index (Phi) is 10.4. The molecule has 10 heteroatoms. The molecular formula is C36H56O10. The molecular weight excluding hydrogens is 592 g/mol. The number of ether oxygens (including phenoxy) is 4. The summed E-state index contributed by atoms with van der Waals surface area (Å²) in [5.41, 5.74) is -2.32. The first-order chi connectivity index (χ1) is 21.2. The van der Waals surface area contributed by atoms with Crippen molar-refractivity contribution in [1.82, 2.24) is 0 Å². The molecule has 4 saturated carbocycles. The highest BCUT2D eigenvalue weighted by Gasteiger charge is 2.67. The fraction of sp³-hybridized carbons (Fsp3) is 0.861. The zero-order chi connectivity index (χ0) is 34.5. The Hall–Kier alpha value is -2.49. The van der Waals surface area contributed by atoms with Crippen LogP contribution >= 0.6 is 0 Å². The number of carbonyl (C=O) groups excluding carboxylic acids is 5. The summed E-state index contributed by atoms with van der Waals surface area (Å²) in [6.07, 6.45) is 1.12. The Morgan fingerprint density at radius 3 is 1.93 bits per heavy atom. The summed E-state index contributed by atoms with van der Waals surface area (Å²) < 4.78 is 23.0. The van der Waals surface area contributed by atoms with Crippen LogP contribution in [0.4, 0.5) is 0 Å². The molecule has 0 radical (unpaired) electrons. The highest BCUT2D eigenvalue weighted by molar-refractivity contribution is 5.83. The minimum absolute atomic E-state index is 0.0718. The van der Waals surface area contributed by atoms with Crippen molar-refractivity contribution in [2.45, 2.75) is 144 Å². The Balaban J connectivity index is 1.67. The van der Waals surface area contributed by atoms with Crippen molar-refractivity contribution < 1.29 is 48.0 Å². The molecule has 0 aromatic carbocycles. The number of Topliss-reactive ketones (excluding diaryl/α,β-unsaturated/α-hetero) is 1. The average molecular weight is 649 g/mol. The van der Waals surface area contributed by atoms with Crippen molar-refractivity contribution in [2.24, 2.45) is 52.3 Å². The second-order valence-corrected chi connectivity index (χ2v) is 15.9.